The Kier molecular flexibility index (Phi) is 5.45. The van der Waals surface area contributed by atoms with Crippen LogP contribution in [0.5, 0.6) is 5.75 Å². The van der Waals surface area contributed by atoms with Crippen LogP contribution >= 0.6 is 11.3 Å². The van der Waals surface area contributed by atoms with E-state index in [9.17, 15) is 18.5 Å². The maximum Gasteiger partial charge on any atom is 0.304 e. The molecule has 0 radical (unpaired) electrons. The summed E-state index contributed by atoms with van der Waals surface area (Å²) < 4.78 is 28.4. The lowest BCUT2D eigenvalue weighted by atomic mass is 10.0. The first-order valence-electron chi connectivity index (χ1n) is 7.15. The summed E-state index contributed by atoms with van der Waals surface area (Å²) in [5.41, 5.74) is 0.703. The highest BCUT2D eigenvalue weighted by atomic mass is 32.2. The lowest BCUT2D eigenvalue weighted by molar-refractivity contribution is -0.383. The summed E-state index contributed by atoms with van der Waals surface area (Å²) in [7, 11) is -1.92. The number of thiophene rings is 1. The Bertz CT molecular complexity index is 828. The maximum absolute atomic E-state index is 11.7. The van der Waals surface area contributed by atoms with Crippen molar-refractivity contribution in [2.75, 3.05) is 18.7 Å². The summed E-state index contributed by atoms with van der Waals surface area (Å²) in [5.74, 6) is 0.718. The molecule has 1 unspecified atom stereocenters. The van der Waals surface area contributed by atoms with Crippen molar-refractivity contribution in [3.63, 3.8) is 0 Å². The SMILES string of the molecule is CCC(Nc1sc(S(C)(=O)=O)cc1[N+](=O)[O-])c1ccc(OC)cc1. The Morgan fingerprint density at radius 2 is 1.96 bits per heavy atom. The Labute approximate surface area is 144 Å². The molecule has 0 fully saturated rings. The Morgan fingerprint density at radius 3 is 2.42 bits per heavy atom. The minimum Gasteiger partial charge on any atom is -0.497 e. The summed E-state index contributed by atoms with van der Waals surface area (Å²) in [6.07, 6.45) is 1.71. The quantitative estimate of drug-likeness (QED) is 0.590. The molecule has 0 saturated heterocycles. The van der Waals surface area contributed by atoms with Gasteiger partial charge in [-0.15, -0.1) is 0 Å². The largest absolute Gasteiger partial charge is 0.497 e. The predicted molar refractivity (Wildman–Crippen MR) is 93.7 cm³/mol. The molecule has 0 spiro atoms. The molecule has 0 aliphatic heterocycles. The first-order chi connectivity index (χ1) is 11.3. The van der Waals surface area contributed by atoms with Gasteiger partial charge in [-0.2, -0.15) is 0 Å². The van der Waals surface area contributed by atoms with E-state index in [1.165, 1.54) is 0 Å². The number of ether oxygens (including phenoxy) is 1. The second-order valence-corrected chi connectivity index (χ2v) is 8.48. The minimum absolute atomic E-state index is 0.0266. The van der Waals surface area contributed by atoms with Crippen LogP contribution in [0.15, 0.2) is 34.5 Å². The summed E-state index contributed by atoms with van der Waals surface area (Å²) >= 11 is 0.875. The number of hydrogen-bond acceptors (Lipinski definition) is 7. The van der Waals surface area contributed by atoms with E-state index in [2.05, 4.69) is 5.32 Å². The number of sulfone groups is 1. The summed E-state index contributed by atoms with van der Waals surface area (Å²) in [6.45, 7) is 1.94. The molecule has 0 bridgehead atoms. The van der Waals surface area contributed by atoms with E-state index in [1.54, 1.807) is 7.11 Å². The minimum atomic E-state index is -3.50. The number of anilines is 1. The van der Waals surface area contributed by atoms with Gasteiger partial charge in [0, 0.05) is 12.3 Å². The van der Waals surface area contributed by atoms with Crippen molar-refractivity contribution >= 4 is 31.9 Å². The average Bonchev–Trinajstić information content (AvgIpc) is 2.97. The zero-order chi connectivity index (χ0) is 17.9. The van der Waals surface area contributed by atoms with Crippen molar-refractivity contribution in [3.8, 4) is 5.75 Å². The number of nitrogens with zero attached hydrogens (tertiary/aromatic N) is 1. The van der Waals surface area contributed by atoms with Gasteiger partial charge in [-0.1, -0.05) is 30.4 Å². The second kappa shape index (κ2) is 7.18. The Morgan fingerprint density at radius 1 is 1.33 bits per heavy atom. The van der Waals surface area contributed by atoms with Crippen molar-refractivity contribution in [2.45, 2.75) is 23.6 Å². The smallest absolute Gasteiger partial charge is 0.304 e. The lowest BCUT2D eigenvalue weighted by Gasteiger charge is -2.17. The van der Waals surface area contributed by atoms with Gasteiger partial charge < -0.3 is 10.1 Å². The highest BCUT2D eigenvalue weighted by Crippen LogP contribution is 2.39. The van der Waals surface area contributed by atoms with E-state index in [1.807, 2.05) is 31.2 Å². The third kappa shape index (κ3) is 4.04. The molecule has 0 saturated carbocycles. The molecule has 2 aromatic rings. The maximum atomic E-state index is 11.7. The van der Waals surface area contributed by atoms with Gasteiger partial charge in [0.15, 0.2) is 14.8 Å². The fraction of sp³-hybridized carbons (Fsp3) is 0.333. The van der Waals surface area contributed by atoms with E-state index in [-0.39, 0.29) is 20.9 Å². The van der Waals surface area contributed by atoms with Gasteiger partial charge in [-0.05, 0) is 24.1 Å². The number of hydrogen-bond donors (Lipinski definition) is 1. The molecule has 2 rings (SSSR count). The van der Waals surface area contributed by atoms with Crippen LogP contribution in [0, 0.1) is 10.1 Å². The molecule has 130 valence electrons. The lowest BCUT2D eigenvalue weighted by Crippen LogP contribution is -2.09. The van der Waals surface area contributed by atoms with Gasteiger partial charge in [-0.25, -0.2) is 8.42 Å². The summed E-state index contributed by atoms with van der Waals surface area (Å²) in [4.78, 5) is 10.6. The Balaban J connectivity index is 2.36. The van der Waals surface area contributed by atoms with Crippen LogP contribution in [-0.4, -0.2) is 26.7 Å². The molecule has 1 atom stereocenters. The molecule has 24 heavy (non-hydrogen) atoms. The van der Waals surface area contributed by atoms with E-state index in [4.69, 9.17) is 4.74 Å². The molecule has 1 heterocycles. The number of nitrogens with one attached hydrogen (secondary N) is 1. The van der Waals surface area contributed by atoms with E-state index < -0.39 is 14.8 Å². The number of methoxy groups -OCH3 is 1. The number of rotatable bonds is 7. The van der Waals surface area contributed by atoms with Gasteiger partial charge in [0.25, 0.3) is 0 Å². The van der Waals surface area contributed by atoms with Crippen LogP contribution in [0.3, 0.4) is 0 Å². The molecule has 1 N–H and O–H groups in total. The van der Waals surface area contributed by atoms with Crippen molar-refractivity contribution in [1.82, 2.24) is 0 Å². The fourth-order valence-electron chi connectivity index (χ4n) is 2.20. The summed E-state index contributed by atoms with van der Waals surface area (Å²) in [5, 5.41) is 14.5. The van der Waals surface area contributed by atoms with Crippen LogP contribution < -0.4 is 10.1 Å². The van der Waals surface area contributed by atoms with Gasteiger partial charge in [0.05, 0.1) is 18.1 Å². The third-order valence-corrected chi connectivity index (χ3v) is 6.34. The van der Waals surface area contributed by atoms with Crippen molar-refractivity contribution in [1.29, 1.82) is 0 Å². The molecule has 7 nitrogen and oxygen atoms in total. The third-order valence-electron chi connectivity index (χ3n) is 3.48. The highest BCUT2D eigenvalue weighted by Gasteiger charge is 2.25. The normalized spacial score (nSPS) is 12.6. The number of nitro groups is 1. The van der Waals surface area contributed by atoms with Crippen LogP contribution in [0.2, 0.25) is 0 Å². The monoisotopic (exact) mass is 370 g/mol. The van der Waals surface area contributed by atoms with Crippen molar-refractivity contribution in [2.24, 2.45) is 0 Å². The van der Waals surface area contributed by atoms with Crippen molar-refractivity contribution in [3.05, 3.63) is 46.0 Å². The van der Waals surface area contributed by atoms with Gasteiger partial charge in [0.2, 0.25) is 0 Å². The van der Waals surface area contributed by atoms with E-state index in [0.29, 0.717) is 6.42 Å². The topological polar surface area (TPSA) is 98.5 Å². The first kappa shape index (κ1) is 18.2. The number of benzene rings is 1. The predicted octanol–water partition coefficient (Wildman–Crippen LogP) is 3.63. The van der Waals surface area contributed by atoms with E-state index in [0.717, 1.165) is 35.0 Å². The van der Waals surface area contributed by atoms with Crippen LogP contribution in [0.25, 0.3) is 0 Å². The van der Waals surface area contributed by atoms with Crippen molar-refractivity contribution < 1.29 is 18.1 Å². The molecule has 0 aliphatic rings. The van der Waals surface area contributed by atoms with Gasteiger partial charge in [0.1, 0.15) is 9.96 Å². The molecular formula is C15H18N2O5S2. The zero-order valence-electron chi connectivity index (χ0n) is 13.5. The van der Waals surface area contributed by atoms with E-state index >= 15 is 0 Å². The fourth-order valence-corrected chi connectivity index (χ4v) is 4.19. The molecule has 0 aliphatic carbocycles. The average molecular weight is 370 g/mol. The van der Waals surface area contributed by atoms with Crippen LogP contribution in [0.4, 0.5) is 10.7 Å². The highest BCUT2D eigenvalue weighted by molar-refractivity contribution is 7.92. The molecular weight excluding hydrogens is 352 g/mol. The van der Waals surface area contributed by atoms with Gasteiger partial charge in [-0.3, -0.25) is 10.1 Å². The standard InChI is InChI=1S/C15H18N2O5S2/c1-4-12(10-5-7-11(22-2)8-6-10)16-15-13(17(18)19)9-14(23-15)24(3,20)21/h5-9,12,16H,4H2,1-3H3. The first-order valence-corrected chi connectivity index (χ1v) is 9.85. The molecule has 1 aromatic carbocycles. The summed E-state index contributed by atoms with van der Waals surface area (Å²) in [6, 6.07) is 8.28. The molecule has 9 heteroatoms. The zero-order valence-corrected chi connectivity index (χ0v) is 15.1. The second-order valence-electron chi connectivity index (χ2n) is 5.19. The Hall–Kier alpha value is -2.13. The molecule has 1 aromatic heterocycles. The van der Waals surface area contributed by atoms with Crippen LogP contribution in [0.1, 0.15) is 24.9 Å². The molecule has 0 amide bonds. The van der Waals surface area contributed by atoms with Crippen LogP contribution in [-0.2, 0) is 9.84 Å². The van der Waals surface area contributed by atoms with Gasteiger partial charge >= 0.3 is 5.69 Å².